The van der Waals surface area contributed by atoms with Gasteiger partial charge in [-0.3, -0.25) is 9.15 Å². The molecule has 0 saturated carbocycles. The van der Waals surface area contributed by atoms with E-state index in [-0.39, 0.29) is 88.2 Å². The van der Waals surface area contributed by atoms with E-state index in [0.29, 0.717) is 0 Å². The van der Waals surface area contributed by atoms with Gasteiger partial charge in [-0.25, -0.2) is 0 Å². The zero-order chi connectivity index (χ0) is 2.12. The number of rotatable bonds is 0. The molecule has 1 aliphatic rings. The third kappa shape index (κ3) is 15.9. The summed E-state index contributed by atoms with van der Waals surface area (Å²) in [6, 6.07) is 0. The van der Waals surface area contributed by atoms with Gasteiger partial charge in [0.05, 0.1) is 0 Å². The average Bonchev–Trinajstić information content (AvgIpc) is 1.46. The molecule has 0 atom stereocenters. The molecule has 2 nitrogen and oxygen atoms in total. The van der Waals surface area contributed by atoms with Crippen molar-refractivity contribution in [3.8, 4) is 0 Å². The van der Waals surface area contributed by atoms with E-state index in [2.05, 4.69) is 9.15 Å². The Balaban J connectivity index is -0.0000000300. The van der Waals surface area contributed by atoms with Crippen molar-refractivity contribution in [2.75, 3.05) is 0 Å². The van der Waals surface area contributed by atoms with E-state index >= 15 is 0 Å². The van der Waals surface area contributed by atoms with Crippen LogP contribution in [0.25, 0.3) is 0 Å². The molecule has 32 valence electrons. The minimum Gasteiger partial charge on any atom is 0.316 e. The van der Waals surface area contributed by atoms with E-state index in [1.54, 1.807) is 0 Å². The molecule has 0 radical (unpaired) electrons. The normalized spacial score (nSPS) is 12.0. The summed E-state index contributed by atoms with van der Waals surface area (Å²) in [6.45, 7) is 0. The first kappa shape index (κ1) is 15.9. The van der Waals surface area contributed by atoms with Crippen LogP contribution in [0.1, 0.15) is 0 Å². The first-order valence-electron chi connectivity index (χ1n) is 0.744. The molecular formula is H9AlCaMgO2Si. The summed E-state index contributed by atoms with van der Waals surface area (Å²) in [5.74, 6) is 0. The van der Waals surface area contributed by atoms with Crippen molar-refractivity contribution < 1.29 is 9.15 Å². The Kier molecular flexibility index (Phi) is 28.1. The van der Waals surface area contributed by atoms with E-state index in [4.69, 9.17) is 0 Å². The van der Waals surface area contributed by atoms with Gasteiger partial charge in [0.2, 0.25) is 0 Å². The summed E-state index contributed by atoms with van der Waals surface area (Å²) >= 11 is 0. The molecule has 0 aliphatic carbocycles. The molecule has 6 heavy (non-hydrogen) atoms. The standard InChI is InChI=1S/Al.Ca.Mg.H2O2Si.7H/c;;;1-2-3-1;;;;;;;/h;;;3H2;;;;;;;. The quantitative estimate of drug-likeness (QED) is 0.205. The molecule has 0 aromatic heterocycles. The Hall–Kier alpha value is 2.70. The van der Waals surface area contributed by atoms with Gasteiger partial charge in [-0.05, 0) is 0 Å². The van der Waals surface area contributed by atoms with Crippen LogP contribution in [0.2, 0.25) is 0 Å². The fraction of sp³-hybridized carbons (Fsp3) is 0. The second-order valence-corrected chi connectivity index (χ2v) is 1.06. The van der Waals surface area contributed by atoms with Gasteiger partial charge in [-0.1, -0.05) is 0 Å². The van der Waals surface area contributed by atoms with Crippen LogP contribution in [0.3, 0.4) is 0 Å². The maximum Gasteiger partial charge on any atom is 0.316 e. The molecule has 0 amide bonds. The van der Waals surface area contributed by atoms with Crippen LogP contribution in [-0.4, -0.2) is 88.2 Å². The molecule has 6 heteroatoms. The SMILES string of the molecule is O1O[SiH2]1.[AlH3].[CaH2].[MgH2]. The maximum absolute atomic E-state index is 4.14. The van der Waals surface area contributed by atoms with Crippen molar-refractivity contribution in [1.82, 2.24) is 0 Å². The van der Waals surface area contributed by atoms with Crippen LogP contribution in [0.15, 0.2) is 0 Å². The summed E-state index contributed by atoms with van der Waals surface area (Å²) in [6.07, 6.45) is 0. The fourth-order valence-electron chi connectivity index (χ4n) is 0. The topological polar surface area (TPSA) is 25.1 Å². The fourth-order valence-corrected chi connectivity index (χ4v) is 0. The Labute approximate surface area is 95.6 Å². The van der Waals surface area contributed by atoms with Gasteiger partial charge >= 0.3 is 70.8 Å². The molecule has 1 fully saturated rings. The molecule has 0 spiro atoms. The van der Waals surface area contributed by atoms with Crippen molar-refractivity contribution in [3.63, 3.8) is 0 Å². The van der Waals surface area contributed by atoms with Crippen LogP contribution in [0.5, 0.6) is 0 Å². The third-order valence-corrected chi connectivity index (χ3v) is 0.354. The molecule has 0 N–H and O–H groups in total. The summed E-state index contributed by atoms with van der Waals surface area (Å²) in [7, 11) is -0.333. The predicted octanol–water partition coefficient (Wildman–Crippen LogP) is -4.07. The summed E-state index contributed by atoms with van der Waals surface area (Å²) < 4.78 is 8.28. The molecule has 1 aliphatic heterocycles. The minimum atomic E-state index is -0.333. The van der Waals surface area contributed by atoms with Gasteiger partial charge in [-0.2, -0.15) is 0 Å². The molecule has 1 saturated heterocycles. The van der Waals surface area contributed by atoms with Crippen molar-refractivity contribution in [3.05, 3.63) is 0 Å². The van der Waals surface area contributed by atoms with Gasteiger partial charge in [0.1, 0.15) is 0 Å². The van der Waals surface area contributed by atoms with Crippen molar-refractivity contribution in [2.45, 2.75) is 0 Å². The number of hydrogen-bond donors (Lipinski definition) is 0. The Bertz CT molecular complexity index is 18.3. The van der Waals surface area contributed by atoms with Gasteiger partial charge < -0.3 is 0 Å². The molecule has 1 heterocycles. The molecular weight excluding hydrogens is 151 g/mol. The van der Waals surface area contributed by atoms with Crippen LogP contribution in [0, 0.1) is 0 Å². The van der Waals surface area contributed by atoms with Crippen LogP contribution >= 0.6 is 0 Å². The maximum atomic E-state index is 4.14. The molecule has 0 aromatic carbocycles. The summed E-state index contributed by atoms with van der Waals surface area (Å²) in [5.41, 5.74) is 0. The first-order valence-corrected chi connectivity index (χ1v) is 1.90. The van der Waals surface area contributed by atoms with Gasteiger partial charge in [0.25, 0.3) is 0 Å². The first-order chi connectivity index (χ1) is 1.50. The van der Waals surface area contributed by atoms with Crippen molar-refractivity contribution >= 4 is 88.2 Å². The van der Waals surface area contributed by atoms with E-state index in [1.807, 2.05) is 0 Å². The number of hydrogen-bond acceptors (Lipinski definition) is 2. The Morgan fingerprint density at radius 3 is 1.33 bits per heavy atom. The molecule has 0 bridgehead atoms. The van der Waals surface area contributed by atoms with E-state index in [9.17, 15) is 0 Å². The largest absolute Gasteiger partial charge is 0.316 e. The van der Waals surface area contributed by atoms with E-state index < -0.39 is 0 Å². The van der Waals surface area contributed by atoms with E-state index in [1.165, 1.54) is 0 Å². The molecule has 0 aromatic rings. The Morgan fingerprint density at radius 1 is 1.17 bits per heavy atom. The third-order valence-electron chi connectivity index (χ3n) is 0.118. The second-order valence-electron chi connectivity index (χ2n) is 0.354. The average molecular weight is 161 g/mol. The monoisotopic (exact) mass is 160 g/mol. The van der Waals surface area contributed by atoms with E-state index in [0.717, 1.165) is 0 Å². The zero-order valence-electron chi connectivity index (χ0n) is 1.52. The van der Waals surface area contributed by atoms with Crippen molar-refractivity contribution in [2.24, 2.45) is 0 Å². The summed E-state index contributed by atoms with van der Waals surface area (Å²) in [4.78, 5) is 0. The Morgan fingerprint density at radius 2 is 1.33 bits per heavy atom. The van der Waals surface area contributed by atoms with Crippen LogP contribution in [-0.2, 0) is 9.15 Å². The molecule has 1 rings (SSSR count). The molecule has 0 unspecified atom stereocenters. The smallest absolute Gasteiger partial charge is 0.316 e. The van der Waals surface area contributed by atoms with Crippen LogP contribution in [0.4, 0.5) is 0 Å². The van der Waals surface area contributed by atoms with Gasteiger partial charge in [0.15, 0.2) is 17.4 Å². The summed E-state index contributed by atoms with van der Waals surface area (Å²) in [5, 5.41) is 0. The van der Waals surface area contributed by atoms with Crippen LogP contribution < -0.4 is 0 Å². The zero-order valence-corrected chi connectivity index (χ0v) is 2.94. The van der Waals surface area contributed by atoms with Crippen molar-refractivity contribution in [1.29, 1.82) is 0 Å². The minimum absolute atomic E-state index is 0. The predicted molar refractivity (Wildman–Crippen MR) is 37.7 cm³/mol. The second kappa shape index (κ2) is 10.6. The van der Waals surface area contributed by atoms with Gasteiger partial charge in [-0.15, -0.1) is 0 Å². The van der Waals surface area contributed by atoms with Gasteiger partial charge in [0, 0.05) is 0 Å².